The van der Waals surface area contributed by atoms with Crippen molar-refractivity contribution in [1.29, 1.82) is 0 Å². The predicted octanol–water partition coefficient (Wildman–Crippen LogP) is 0.199. The fourth-order valence-corrected chi connectivity index (χ4v) is 3.05. The van der Waals surface area contributed by atoms with Crippen molar-refractivity contribution in [2.24, 2.45) is 17.3 Å². The van der Waals surface area contributed by atoms with Crippen molar-refractivity contribution < 1.29 is 44.3 Å². The first-order valence-electron chi connectivity index (χ1n) is 7.48. The molecule has 0 aliphatic rings. The van der Waals surface area contributed by atoms with Gasteiger partial charge >= 0.3 is 17.2 Å². The zero-order chi connectivity index (χ0) is 19.6. The first-order valence-corrected chi connectivity index (χ1v) is 9.81. The number of aliphatic hydroxyl groups excluding tert-OH is 3. The Morgan fingerprint density at radius 3 is 1.17 bits per heavy atom. The first kappa shape index (κ1) is 26.7. The molecule has 24 heavy (non-hydrogen) atoms. The highest BCUT2D eigenvalue weighted by Crippen LogP contribution is 2.42. The largest absolute Gasteiger partial charge is 0.395 e. The van der Waals surface area contributed by atoms with Crippen LogP contribution in [0.2, 0.25) is 0 Å². The van der Waals surface area contributed by atoms with E-state index < -0.39 is 48.0 Å². The quantitative estimate of drug-likeness (QED) is 0.241. The second kappa shape index (κ2) is 12.8. The fourth-order valence-electron chi connectivity index (χ4n) is 2.52. The summed E-state index contributed by atoms with van der Waals surface area (Å²) in [6, 6.07) is 0. The van der Waals surface area contributed by atoms with E-state index in [2.05, 4.69) is 4.31 Å². The maximum atomic E-state index is 10.8. The monoisotopic (exact) mass is 394 g/mol. The van der Waals surface area contributed by atoms with Gasteiger partial charge in [0.1, 0.15) is 0 Å². The van der Waals surface area contributed by atoms with Crippen LogP contribution in [-0.2, 0) is 4.31 Å². The summed E-state index contributed by atoms with van der Waals surface area (Å²) < 4.78 is 3.60. The summed E-state index contributed by atoms with van der Waals surface area (Å²) in [4.78, 5) is 31.3. The summed E-state index contributed by atoms with van der Waals surface area (Å²) in [5.74, 6) is 0.450. The first-order chi connectivity index (χ1) is 10.9. The van der Waals surface area contributed by atoms with Crippen LogP contribution in [0.1, 0.15) is 40.5 Å². The van der Waals surface area contributed by atoms with E-state index in [-0.39, 0.29) is 11.8 Å². The molecule has 0 saturated carbocycles. The third kappa shape index (κ3) is 9.85. The summed E-state index contributed by atoms with van der Waals surface area (Å²) in [6.07, 6.45) is 0.903. The van der Waals surface area contributed by atoms with Gasteiger partial charge in [-0.3, -0.25) is 0 Å². The van der Waals surface area contributed by atoms with Crippen LogP contribution in [0.4, 0.5) is 0 Å². The Balaban J connectivity index is 0. The number of rotatable bonds is 10. The third-order valence-electron chi connectivity index (χ3n) is 3.53. The van der Waals surface area contributed by atoms with Crippen molar-refractivity contribution in [3.8, 4) is 0 Å². The van der Waals surface area contributed by atoms with Crippen molar-refractivity contribution in [3.05, 3.63) is 0 Å². The van der Waals surface area contributed by atoms with Crippen LogP contribution in [0.3, 0.4) is 0 Å². The van der Waals surface area contributed by atoms with E-state index in [1.165, 1.54) is 0 Å². The van der Waals surface area contributed by atoms with Crippen LogP contribution in [-0.4, -0.2) is 65.4 Å². The molecule has 9 nitrogen and oxygen atoms in total. The van der Waals surface area contributed by atoms with Crippen molar-refractivity contribution in [2.45, 2.75) is 46.1 Å². The molecule has 0 fully saturated rings. The minimum Gasteiger partial charge on any atom is -0.395 e. The van der Waals surface area contributed by atoms with Crippen molar-refractivity contribution >= 4 is 17.2 Å². The summed E-state index contributed by atoms with van der Waals surface area (Å²) >= 11 is 0. The van der Waals surface area contributed by atoms with Crippen molar-refractivity contribution in [1.82, 2.24) is 0 Å². The minimum atomic E-state index is -2.61. The van der Waals surface area contributed by atoms with E-state index in [1.54, 1.807) is 0 Å². The Bertz CT molecular complexity index is 286. The van der Waals surface area contributed by atoms with Gasteiger partial charge in [-0.1, -0.05) is 27.7 Å². The second-order valence-electron chi connectivity index (χ2n) is 6.57. The van der Waals surface area contributed by atoms with Crippen LogP contribution in [0.5, 0.6) is 0 Å². The molecule has 0 aliphatic carbocycles. The SMILES string of the molecule is CC(C)CC(O)(CC(C)C)C(CO)(CO)CO.OP(O)OP(O)O. The minimum absolute atomic E-state index is 0.225. The van der Waals surface area contributed by atoms with Crippen LogP contribution < -0.4 is 0 Å². The summed E-state index contributed by atoms with van der Waals surface area (Å²) in [7, 11) is -5.22. The molecule has 8 N–H and O–H groups in total. The lowest BCUT2D eigenvalue weighted by atomic mass is 9.66. The van der Waals surface area contributed by atoms with Gasteiger partial charge in [-0.15, -0.1) is 0 Å². The van der Waals surface area contributed by atoms with Gasteiger partial charge in [0.25, 0.3) is 0 Å². The lowest BCUT2D eigenvalue weighted by molar-refractivity contribution is -0.169. The Morgan fingerprint density at radius 2 is 1.04 bits per heavy atom. The molecular weight excluding hydrogens is 362 g/mol. The Labute approximate surface area is 145 Å². The van der Waals surface area contributed by atoms with E-state index in [1.807, 2.05) is 27.7 Å². The number of hydrogen-bond acceptors (Lipinski definition) is 9. The molecule has 0 aliphatic heterocycles. The van der Waals surface area contributed by atoms with Crippen molar-refractivity contribution in [3.63, 3.8) is 0 Å². The van der Waals surface area contributed by atoms with Gasteiger partial charge < -0.3 is 40.0 Å². The number of aliphatic hydroxyl groups is 4. The molecular formula is C13H32O9P2. The van der Waals surface area contributed by atoms with E-state index in [0.29, 0.717) is 12.8 Å². The zero-order valence-electron chi connectivity index (χ0n) is 14.6. The molecule has 148 valence electrons. The molecule has 0 radical (unpaired) electrons. The molecule has 0 rings (SSSR count). The molecule has 0 atom stereocenters. The third-order valence-corrected chi connectivity index (χ3v) is 4.70. The summed E-state index contributed by atoms with van der Waals surface area (Å²) in [5, 5.41) is 39.2. The second-order valence-corrected chi connectivity index (χ2v) is 8.23. The van der Waals surface area contributed by atoms with Crippen LogP contribution >= 0.6 is 17.2 Å². The van der Waals surface area contributed by atoms with E-state index in [4.69, 9.17) is 19.6 Å². The maximum Gasteiger partial charge on any atom is 0.334 e. The smallest absolute Gasteiger partial charge is 0.334 e. The van der Waals surface area contributed by atoms with Gasteiger partial charge in [0.15, 0.2) is 0 Å². The Morgan fingerprint density at radius 1 is 0.750 bits per heavy atom. The molecule has 0 spiro atoms. The maximum absolute atomic E-state index is 10.8. The Hall–Kier alpha value is 0.500. The lowest BCUT2D eigenvalue weighted by Gasteiger charge is -2.46. The van der Waals surface area contributed by atoms with Gasteiger partial charge in [0.05, 0.1) is 30.8 Å². The predicted molar refractivity (Wildman–Crippen MR) is 91.4 cm³/mol. The molecule has 0 saturated heterocycles. The Kier molecular flexibility index (Phi) is 14.2. The highest BCUT2D eigenvalue weighted by molar-refractivity contribution is 7.53. The average molecular weight is 394 g/mol. The number of hydrogen-bond donors (Lipinski definition) is 8. The zero-order valence-corrected chi connectivity index (χ0v) is 16.4. The molecule has 0 aromatic heterocycles. The molecule has 0 unspecified atom stereocenters. The topological polar surface area (TPSA) is 171 Å². The molecule has 11 heteroatoms. The van der Waals surface area contributed by atoms with Crippen molar-refractivity contribution in [2.75, 3.05) is 19.8 Å². The van der Waals surface area contributed by atoms with E-state index in [9.17, 15) is 20.4 Å². The van der Waals surface area contributed by atoms with E-state index >= 15 is 0 Å². The molecule has 0 aromatic carbocycles. The molecule has 0 bridgehead atoms. The van der Waals surface area contributed by atoms with E-state index in [0.717, 1.165) is 0 Å². The van der Waals surface area contributed by atoms with Crippen LogP contribution in [0.25, 0.3) is 0 Å². The lowest BCUT2D eigenvalue weighted by Crippen LogP contribution is -2.56. The van der Waals surface area contributed by atoms with Gasteiger partial charge in [-0.25, -0.2) is 4.31 Å². The fraction of sp³-hybridized carbons (Fsp3) is 1.00. The highest BCUT2D eigenvalue weighted by Gasteiger charge is 2.49. The van der Waals surface area contributed by atoms with Crippen LogP contribution in [0, 0.1) is 17.3 Å². The molecule has 0 amide bonds. The van der Waals surface area contributed by atoms with Gasteiger partial charge in [-0.2, -0.15) is 0 Å². The highest BCUT2D eigenvalue weighted by atomic mass is 31.2. The molecule has 0 aromatic rings. The van der Waals surface area contributed by atoms with Gasteiger partial charge in [0, 0.05) is 0 Å². The normalized spacial score (nSPS) is 13.0. The van der Waals surface area contributed by atoms with Gasteiger partial charge in [0.2, 0.25) is 0 Å². The summed E-state index contributed by atoms with van der Waals surface area (Å²) in [5.41, 5.74) is -2.48. The summed E-state index contributed by atoms with van der Waals surface area (Å²) in [6.45, 7) is 6.64. The average Bonchev–Trinajstić information content (AvgIpc) is 2.38. The standard InChI is InChI=1S/C13H28O4.H4O5P2/c1-10(2)5-13(17,6-11(3)4)12(7-14,8-15)9-16;1-6(2)5-7(3)4/h10-11,14-17H,5-9H2,1-4H3;1-4H. The molecule has 0 heterocycles. The van der Waals surface area contributed by atoms with Crippen LogP contribution in [0.15, 0.2) is 0 Å². The van der Waals surface area contributed by atoms with Gasteiger partial charge in [-0.05, 0) is 24.7 Å².